The van der Waals surface area contributed by atoms with Crippen LogP contribution in [0.25, 0.3) is 11.6 Å². The molecule has 0 atom stereocenters. The van der Waals surface area contributed by atoms with Gasteiger partial charge in [-0.25, -0.2) is 4.79 Å². The Hall–Kier alpha value is -2.55. The summed E-state index contributed by atoms with van der Waals surface area (Å²) in [5.41, 5.74) is 4.52. The molecule has 0 saturated heterocycles. The van der Waals surface area contributed by atoms with E-state index in [1.165, 1.54) is 19.3 Å². The summed E-state index contributed by atoms with van der Waals surface area (Å²) in [5, 5.41) is 19.4. The Morgan fingerprint density at radius 1 is 1.00 bits per heavy atom. The Bertz CT molecular complexity index is 825. The summed E-state index contributed by atoms with van der Waals surface area (Å²) in [6, 6.07) is 12.7. The number of allylic oxidation sites excluding steroid dienone is 1. The summed E-state index contributed by atoms with van der Waals surface area (Å²) in [7, 11) is 0. The second-order valence-electron chi connectivity index (χ2n) is 7.61. The Labute approximate surface area is 155 Å². The monoisotopic (exact) mass is 350 g/mol. The average Bonchev–Trinajstić information content (AvgIpc) is 2.63. The average molecular weight is 350 g/mol. The molecule has 3 heteroatoms. The first kappa shape index (κ1) is 18.2. The first-order valence-electron chi connectivity index (χ1n) is 9.25. The van der Waals surface area contributed by atoms with Gasteiger partial charge in [0.05, 0.1) is 5.56 Å². The molecule has 0 bridgehead atoms. The van der Waals surface area contributed by atoms with Gasteiger partial charge in [-0.1, -0.05) is 50.5 Å². The molecule has 1 saturated carbocycles. The molecule has 26 heavy (non-hydrogen) atoms. The van der Waals surface area contributed by atoms with Crippen molar-refractivity contribution in [1.29, 1.82) is 0 Å². The van der Waals surface area contributed by atoms with Crippen LogP contribution in [-0.2, 0) is 5.41 Å². The summed E-state index contributed by atoms with van der Waals surface area (Å²) in [4.78, 5) is 11.0. The van der Waals surface area contributed by atoms with E-state index in [0.29, 0.717) is 5.75 Å². The van der Waals surface area contributed by atoms with E-state index in [1.54, 1.807) is 18.2 Å². The number of carbonyl (C=O) groups is 1. The number of hydrogen-bond donors (Lipinski definition) is 2. The summed E-state index contributed by atoms with van der Waals surface area (Å²) in [5.74, 6) is -0.530. The minimum Gasteiger partial charge on any atom is -0.508 e. The number of phenolic OH excluding ortho intramolecular Hbond substituents is 1. The maximum absolute atomic E-state index is 11.0. The number of benzene rings is 2. The fraction of sp³-hybridized carbons (Fsp3) is 0.348. The van der Waals surface area contributed by atoms with E-state index in [1.807, 2.05) is 31.2 Å². The van der Waals surface area contributed by atoms with Gasteiger partial charge in [0.15, 0.2) is 0 Å². The van der Waals surface area contributed by atoms with Crippen LogP contribution >= 0.6 is 0 Å². The van der Waals surface area contributed by atoms with Crippen LogP contribution in [0.15, 0.2) is 42.5 Å². The van der Waals surface area contributed by atoms with Crippen molar-refractivity contribution in [3.05, 3.63) is 64.7 Å². The molecule has 1 aliphatic carbocycles. The molecule has 0 amide bonds. The molecule has 0 unspecified atom stereocenters. The number of carboxylic acids is 1. The lowest BCUT2D eigenvalue weighted by molar-refractivity contribution is 0.0697. The molecule has 0 aliphatic heterocycles. The number of aromatic hydroxyl groups is 1. The van der Waals surface area contributed by atoms with E-state index in [-0.39, 0.29) is 11.0 Å². The number of rotatable bonds is 4. The Morgan fingerprint density at radius 2 is 1.62 bits per heavy atom. The zero-order valence-corrected chi connectivity index (χ0v) is 15.5. The van der Waals surface area contributed by atoms with Crippen LogP contribution in [0.5, 0.6) is 5.75 Å². The van der Waals surface area contributed by atoms with Crippen molar-refractivity contribution < 1.29 is 15.0 Å². The lowest BCUT2D eigenvalue weighted by Gasteiger charge is -2.35. The SMILES string of the molecule is C/C(=C\c1ccc(C(=O)O)cc1)c1ccc(O)c(C2(C)CCCCC2)c1. The molecule has 2 aromatic rings. The smallest absolute Gasteiger partial charge is 0.335 e. The summed E-state index contributed by atoms with van der Waals surface area (Å²) in [6.07, 6.45) is 7.98. The summed E-state index contributed by atoms with van der Waals surface area (Å²) >= 11 is 0. The van der Waals surface area contributed by atoms with Gasteiger partial charge in [0.1, 0.15) is 5.75 Å². The van der Waals surface area contributed by atoms with Gasteiger partial charge in [-0.15, -0.1) is 0 Å². The van der Waals surface area contributed by atoms with Crippen LogP contribution in [0.2, 0.25) is 0 Å². The summed E-state index contributed by atoms with van der Waals surface area (Å²) < 4.78 is 0. The van der Waals surface area contributed by atoms with Crippen molar-refractivity contribution in [2.45, 2.75) is 51.4 Å². The molecule has 0 heterocycles. The minimum atomic E-state index is -0.916. The molecule has 2 N–H and O–H groups in total. The predicted octanol–water partition coefficient (Wildman–Crippen LogP) is 5.87. The molecule has 0 radical (unpaired) electrons. The fourth-order valence-corrected chi connectivity index (χ4v) is 3.92. The molecular formula is C23H26O3. The van der Waals surface area contributed by atoms with Gasteiger partial charge in [-0.3, -0.25) is 0 Å². The van der Waals surface area contributed by atoms with Crippen LogP contribution in [0, 0.1) is 0 Å². The fourth-order valence-electron chi connectivity index (χ4n) is 3.92. The summed E-state index contributed by atoms with van der Waals surface area (Å²) in [6.45, 7) is 4.30. The second kappa shape index (κ2) is 7.36. The highest BCUT2D eigenvalue weighted by Crippen LogP contribution is 2.43. The third kappa shape index (κ3) is 3.82. The lowest BCUT2D eigenvalue weighted by Crippen LogP contribution is -2.25. The van der Waals surface area contributed by atoms with E-state index < -0.39 is 5.97 Å². The highest BCUT2D eigenvalue weighted by Gasteiger charge is 2.31. The highest BCUT2D eigenvalue weighted by molar-refractivity contribution is 5.88. The quantitative estimate of drug-likeness (QED) is 0.678. The van der Waals surface area contributed by atoms with Gasteiger partial charge in [-0.05, 0) is 66.1 Å². The number of carboxylic acid groups (broad SMARTS) is 1. The van der Waals surface area contributed by atoms with Crippen molar-refractivity contribution in [1.82, 2.24) is 0 Å². The van der Waals surface area contributed by atoms with Crippen molar-refractivity contribution in [2.75, 3.05) is 0 Å². The topological polar surface area (TPSA) is 57.5 Å². The molecule has 1 aliphatic rings. The zero-order chi connectivity index (χ0) is 18.7. The second-order valence-corrected chi connectivity index (χ2v) is 7.61. The first-order chi connectivity index (χ1) is 12.4. The number of aromatic carboxylic acids is 1. The van der Waals surface area contributed by atoms with Gasteiger partial charge >= 0.3 is 5.97 Å². The van der Waals surface area contributed by atoms with E-state index >= 15 is 0 Å². The molecular weight excluding hydrogens is 324 g/mol. The maximum Gasteiger partial charge on any atom is 0.335 e. The van der Waals surface area contributed by atoms with Crippen molar-refractivity contribution in [3.8, 4) is 5.75 Å². The predicted molar refractivity (Wildman–Crippen MR) is 105 cm³/mol. The zero-order valence-electron chi connectivity index (χ0n) is 15.5. The maximum atomic E-state index is 11.0. The largest absolute Gasteiger partial charge is 0.508 e. The van der Waals surface area contributed by atoms with Crippen molar-refractivity contribution in [2.24, 2.45) is 0 Å². The lowest BCUT2D eigenvalue weighted by atomic mass is 9.70. The normalized spacial score (nSPS) is 17.1. The molecule has 3 rings (SSSR count). The third-order valence-corrected chi connectivity index (χ3v) is 5.60. The first-order valence-corrected chi connectivity index (χ1v) is 9.25. The van der Waals surface area contributed by atoms with E-state index in [0.717, 1.165) is 35.1 Å². The van der Waals surface area contributed by atoms with Gasteiger partial charge in [0.2, 0.25) is 0 Å². The molecule has 136 valence electrons. The van der Waals surface area contributed by atoms with Crippen molar-refractivity contribution in [3.63, 3.8) is 0 Å². The van der Waals surface area contributed by atoms with E-state index in [4.69, 9.17) is 5.11 Å². The van der Waals surface area contributed by atoms with Crippen LogP contribution in [0.4, 0.5) is 0 Å². The van der Waals surface area contributed by atoms with E-state index in [9.17, 15) is 9.90 Å². The van der Waals surface area contributed by atoms with Crippen molar-refractivity contribution >= 4 is 17.6 Å². The third-order valence-electron chi connectivity index (χ3n) is 5.60. The Kier molecular flexibility index (Phi) is 5.17. The van der Waals surface area contributed by atoms with Crippen LogP contribution in [0.3, 0.4) is 0 Å². The van der Waals surface area contributed by atoms with Crippen LogP contribution in [0.1, 0.15) is 73.0 Å². The molecule has 3 nitrogen and oxygen atoms in total. The molecule has 0 spiro atoms. The van der Waals surface area contributed by atoms with Gasteiger partial charge < -0.3 is 10.2 Å². The molecule has 1 fully saturated rings. The Balaban J connectivity index is 1.91. The van der Waals surface area contributed by atoms with Gasteiger partial charge in [0, 0.05) is 5.56 Å². The molecule has 0 aromatic heterocycles. The number of hydrogen-bond acceptors (Lipinski definition) is 2. The van der Waals surface area contributed by atoms with Crippen LogP contribution in [-0.4, -0.2) is 16.2 Å². The molecule has 2 aromatic carbocycles. The Morgan fingerprint density at radius 3 is 2.23 bits per heavy atom. The minimum absolute atomic E-state index is 0.0434. The van der Waals surface area contributed by atoms with Gasteiger partial charge in [-0.2, -0.15) is 0 Å². The van der Waals surface area contributed by atoms with Crippen LogP contribution < -0.4 is 0 Å². The highest BCUT2D eigenvalue weighted by atomic mass is 16.4. The number of phenols is 1. The van der Waals surface area contributed by atoms with E-state index in [2.05, 4.69) is 13.0 Å². The van der Waals surface area contributed by atoms with Gasteiger partial charge in [0.25, 0.3) is 0 Å². The standard InChI is InChI=1S/C23H26O3/c1-16(14-17-6-8-18(9-7-17)22(25)26)19-10-11-21(24)20(15-19)23(2)12-4-3-5-13-23/h6-11,14-15,24H,3-5,12-13H2,1-2H3,(H,25,26)/b16-14+.